The maximum atomic E-state index is 13.3. The fourth-order valence-electron chi connectivity index (χ4n) is 2.33. The number of hydrogen-bond donors (Lipinski definition) is 2. The van der Waals surface area contributed by atoms with Crippen molar-refractivity contribution in [3.8, 4) is 0 Å². The Kier molecular flexibility index (Phi) is 5.65. The molecule has 2 N–H and O–H groups in total. The first-order chi connectivity index (χ1) is 13.0. The third-order valence-corrected chi connectivity index (χ3v) is 3.70. The molecule has 0 unspecified atom stereocenters. The monoisotopic (exact) mass is 372 g/mol. The number of aromatic nitrogens is 2. The molecule has 1 amide bonds. The predicted molar refractivity (Wildman–Crippen MR) is 94.1 cm³/mol. The van der Waals surface area contributed by atoms with E-state index < -0.39 is 17.5 Å². The van der Waals surface area contributed by atoms with Gasteiger partial charge in [-0.05, 0) is 36.2 Å². The number of carbonyl (C=O) groups excluding carboxylic acids is 1. The van der Waals surface area contributed by atoms with Crippen molar-refractivity contribution < 1.29 is 18.0 Å². The van der Waals surface area contributed by atoms with Gasteiger partial charge in [0.05, 0.1) is 0 Å². The van der Waals surface area contributed by atoms with Crippen LogP contribution in [-0.4, -0.2) is 22.4 Å². The molecule has 0 spiro atoms. The fraction of sp³-hybridized carbons (Fsp3) is 0.105. The lowest BCUT2D eigenvalue weighted by molar-refractivity contribution is 0.0949. The van der Waals surface area contributed by atoms with Crippen LogP contribution in [0.2, 0.25) is 0 Å². The van der Waals surface area contributed by atoms with E-state index in [9.17, 15) is 18.0 Å². The molecule has 27 heavy (non-hydrogen) atoms. The Balaban J connectivity index is 1.59. The van der Waals surface area contributed by atoms with Gasteiger partial charge in [0.25, 0.3) is 5.91 Å². The van der Waals surface area contributed by atoms with Crippen molar-refractivity contribution in [2.24, 2.45) is 0 Å². The third kappa shape index (κ3) is 5.04. The standard InChI is InChI=1S/C19H15F3N4O/c20-13-3-1-12(2-4-13)7-8-23-19(27)17-10-18(25-11-24-17)26-14-5-6-15(21)16(22)9-14/h1-6,9-11H,7-8H2,(H,23,27)(H,24,25,26). The number of nitrogens with zero attached hydrogens (tertiary/aromatic N) is 2. The number of rotatable bonds is 6. The Hall–Kier alpha value is -3.42. The van der Waals surface area contributed by atoms with Crippen molar-refractivity contribution in [3.05, 3.63) is 83.6 Å². The van der Waals surface area contributed by atoms with Crippen LogP contribution in [0.25, 0.3) is 0 Å². The van der Waals surface area contributed by atoms with Crippen LogP contribution in [0.15, 0.2) is 54.9 Å². The summed E-state index contributed by atoms with van der Waals surface area (Å²) < 4.78 is 39.1. The van der Waals surface area contributed by atoms with Crippen LogP contribution < -0.4 is 10.6 Å². The molecule has 138 valence electrons. The van der Waals surface area contributed by atoms with Crippen LogP contribution in [-0.2, 0) is 6.42 Å². The van der Waals surface area contributed by atoms with Crippen LogP contribution in [0.5, 0.6) is 0 Å². The number of nitrogens with one attached hydrogen (secondary N) is 2. The highest BCUT2D eigenvalue weighted by atomic mass is 19.2. The average Bonchev–Trinajstić information content (AvgIpc) is 2.66. The minimum absolute atomic E-state index is 0.120. The van der Waals surface area contributed by atoms with Gasteiger partial charge >= 0.3 is 0 Å². The average molecular weight is 372 g/mol. The molecule has 3 rings (SSSR count). The van der Waals surface area contributed by atoms with Crippen LogP contribution in [0.4, 0.5) is 24.7 Å². The minimum Gasteiger partial charge on any atom is -0.350 e. The summed E-state index contributed by atoms with van der Waals surface area (Å²) in [5.41, 5.74) is 1.30. The summed E-state index contributed by atoms with van der Waals surface area (Å²) in [4.78, 5) is 20.0. The third-order valence-electron chi connectivity index (χ3n) is 3.70. The van der Waals surface area contributed by atoms with Crippen molar-refractivity contribution in [3.63, 3.8) is 0 Å². The second kappa shape index (κ2) is 8.31. The number of hydrogen-bond acceptors (Lipinski definition) is 4. The molecule has 0 saturated carbocycles. The van der Waals surface area contributed by atoms with E-state index in [1.807, 2.05) is 0 Å². The molecular weight excluding hydrogens is 357 g/mol. The maximum Gasteiger partial charge on any atom is 0.270 e. The van der Waals surface area contributed by atoms with Gasteiger partial charge in [-0.25, -0.2) is 23.1 Å². The number of halogens is 3. The summed E-state index contributed by atoms with van der Waals surface area (Å²) in [7, 11) is 0. The van der Waals surface area contributed by atoms with Crippen molar-refractivity contribution in [1.82, 2.24) is 15.3 Å². The zero-order valence-electron chi connectivity index (χ0n) is 14.0. The quantitative estimate of drug-likeness (QED) is 0.694. The molecule has 3 aromatic rings. The van der Waals surface area contributed by atoms with E-state index >= 15 is 0 Å². The molecule has 0 saturated heterocycles. The Morgan fingerprint density at radius 3 is 2.44 bits per heavy atom. The molecule has 0 aliphatic carbocycles. The van der Waals surface area contributed by atoms with Crippen LogP contribution >= 0.6 is 0 Å². The summed E-state index contributed by atoms with van der Waals surface area (Å²) in [5.74, 6) is -2.41. The maximum absolute atomic E-state index is 13.3. The summed E-state index contributed by atoms with van der Waals surface area (Å²) >= 11 is 0. The molecule has 0 fully saturated rings. The van der Waals surface area contributed by atoms with E-state index in [1.54, 1.807) is 12.1 Å². The number of anilines is 2. The molecule has 8 heteroatoms. The lowest BCUT2D eigenvalue weighted by Gasteiger charge is -2.08. The topological polar surface area (TPSA) is 66.9 Å². The number of benzene rings is 2. The van der Waals surface area contributed by atoms with Gasteiger partial charge in [-0.2, -0.15) is 0 Å². The van der Waals surface area contributed by atoms with E-state index in [2.05, 4.69) is 20.6 Å². The van der Waals surface area contributed by atoms with Crippen molar-refractivity contribution in [1.29, 1.82) is 0 Å². The van der Waals surface area contributed by atoms with Gasteiger partial charge in [-0.15, -0.1) is 0 Å². The largest absolute Gasteiger partial charge is 0.350 e. The normalized spacial score (nSPS) is 10.5. The number of carbonyl (C=O) groups is 1. The molecule has 2 aromatic carbocycles. The first-order valence-corrected chi connectivity index (χ1v) is 8.08. The van der Waals surface area contributed by atoms with Crippen molar-refractivity contribution in [2.45, 2.75) is 6.42 Å². The molecule has 0 atom stereocenters. The smallest absolute Gasteiger partial charge is 0.270 e. The summed E-state index contributed by atoms with van der Waals surface area (Å²) in [5, 5.41) is 5.49. The summed E-state index contributed by atoms with van der Waals surface area (Å²) in [6, 6.07) is 10.7. The Morgan fingerprint density at radius 1 is 0.926 bits per heavy atom. The van der Waals surface area contributed by atoms with E-state index in [0.29, 0.717) is 13.0 Å². The predicted octanol–water partition coefficient (Wildman–Crippen LogP) is 3.61. The second-order valence-corrected chi connectivity index (χ2v) is 5.67. The zero-order chi connectivity index (χ0) is 19.2. The van der Waals surface area contributed by atoms with Gasteiger partial charge in [0.2, 0.25) is 0 Å². The lowest BCUT2D eigenvalue weighted by atomic mass is 10.1. The molecule has 1 heterocycles. The molecule has 1 aromatic heterocycles. The molecule has 0 aliphatic rings. The molecule has 0 bridgehead atoms. The highest BCUT2D eigenvalue weighted by molar-refractivity contribution is 5.92. The highest BCUT2D eigenvalue weighted by Gasteiger charge is 2.09. The van der Waals surface area contributed by atoms with Crippen LogP contribution in [0.3, 0.4) is 0 Å². The van der Waals surface area contributed by atoms with Gasteiger partial charge < -0.3 is 10.6 Å². The highest BCUT2D eigenvalue weighted by Crippen LogP contribution is 2.17. The number of amides is 1. The Morgan fingerprint density at radius 2 is 1.70 bits per heavy atom. The summed E-state index contributed by atoms with van der Waals surface area (Å²) in [6.07, 6.45) is 1.73. The van der Waals surface area contributed by atoms with Crippen molar-refractivity contribution in [2.75, 3.05) is 11.9 Å². The van der Waals surface area contributed by atoms with Crippen molar-refractivity contribution >= 4 is 17.4 Å². The van der Waals surface area contributed by atoms with Gasteiger partial charge in [0.1, 0.15) is 23.7 Å². The second-order valence-electron chi connectivity index (χ2n) is 5.67. The lowest BCUT2D eigenvalue weighted by Crippen LogP contribution is -2.26. The molecule has 0 aliphatic heterocycles. The SMILES string of the molecule is O=C(NCCc1ccc(F)cc1)c1cc(Nc2ccc(F)c(F)c2)ncn1. The molecule has 5 nitrogen and oxygen atoms in total. The minimum atomic E-state index is -0.993. The Bertz CT molecular complexity index is 948. The van der Waals surface area contributed by atoms with Crippen LogP contribution in [0.1, 0.15) is 16.1 Å². The first-order valence-electron chi connectivity index (χ1n) is 8.08. The van der Waals surface area contributed by atoms with E-state index in [1.165, 1.54) is 30.6 Å². The molecule has 0 radical (unpaired) electrons. The van der Waals surface area contributed by atoms with E-state index in [-0.39, 0.29) is 23.0 Å². The van der Waals surface area contributed by atoms with Gasteiger partial charge in [0, 0.05) is 24.4 Å². The van der Waals surface area contributed by atoms with Gasteiger partial charge in [-0.3, -0.25) is 4.79 Å². The Labute approximate surface area is 153 Å². The van der Waals surface area contributed by atoms with Gasteiger partial charge in [0.15, 0.2) is 11.6 Å². The van der Waals surface area contributed by atoms with E-state index in [4.69, 9.17) is 0 Å². The first kappa shape index (κ1) is 18.4. The summed E-state index contributed by atoms with van der Waals surface area (Å²) in [6.45, 7) is 0.348. The van der Waals surface area contributed by atoms with Gasteiger partial charge in [-0.1, -0.05) is 12.1 Å². The van der Waals surface area contributed by atoms with E-state index in [0.717, 1.165) is 17.7 Å². The van der Waals surface area contributed by atoms with Crippen LogP contribution in [0, 0.1) is 17.5 Å². The zero-order valence-corrected chi connectivity index (χ0v) is 14.0. The molecular formula is C19H15F3N4O. The fourth-order valence-corrected chi connectivity index (χ4v) is 2.33.